The van der Waals surface area contributed by atoms with Crippen molar-refractivity contribution in [1.82, 2.24) is 0 Å². The number of amides is 1. The molecule has 21 heavy (non-hydrogen) atoms. The van der Waals surface area contributed by atoms with E-state index in [1.165, 1.54) is 29.6 Å². The Bertz CT molecular complexity index is 652. The zero-order chi connectivity index (χ0) is 15.4. The van der Waals surface area contributed by atoms with E-state index in [0.29, 0.717) is 16.3 Å². The van der Waals surface area contributed by atoms with Crippen LogP contribution in [0, 0.1) is 6.92 Å². The smallest absolute Gasteiger partial charge is 0.261 e. The van der Waals surface area contributed by atoms with Gasteiger partial charge in [-0.25, -0.2) is 0 Å². The number of carbonyl (C=O) groups is 1. The van der Waals surface area contributed by atoms with E-state index < -0.39 is 5.91 Å². The molecule has 0 radical (unpaired) electrons. The van der Waals surface area contributed by atoms with Crippen LogP contribution < -0.4 is 21.5 Å². The van der Waals surface area contributed by atoms with Crippen molar-refractivity contribution < 1.29 is 9.53 Å². The number of carbonyl (C=O) groups excluding carboxylic acids is 1. The molecular formula is C15H19N3O2S. The zero-order valence-corrected chi connectivity index (χ0v) is 12.9. The topological polar surface area (TPSA) is 90.4 Å². The Morgan fingerprint density at radius 1 is 1.38 bits per heavy atom. The molecule has 1 heterocycles. The van der Waals surface area contributed by atoms with Gasteiger partial charge in [-0.2, -0.15) is 0 Å². The third kappa shape index (κ3) is 3.28. The summed E-state index contributed by atoms with van der Waals surface area (Å²) in [4.78, 5) is 11.6. The van der Waals surface area contributed by atoms with Gasteiger partial charge in [-0.05, 0) is 24.5 Å². The molecule has 2 aromatic rings. The van der Waals surface area contributed by atoms with Crippen LogP contribution >= 0.6 is 11.3 Å². The van der Waals surface area contributed by atoms with E-state index in [2.05, 4.69) is 24.4 Å². The van der Waals surface area contributed by atoms with Crippen LogP contribution in [0.1, 0.15) is 20.8 Å². The lowest BCUT2D eigenvalue weighted by molar-refractivity contribution is 0.100. The van der Waals surface area contributed by atoms with Crippen LogP contribution in [0.3, 0.4) is 0 Å². The Labute approximate surface area is 127 Å². The molecule has 0 aliphatic heterocycles. The number of aryl methyl sites for hydroxylation is 1. The van der Waals surface area contributed by atoms with E-state index in [4.69, 9.17) is 16.2 Å². The number of rotatable bonds is 6. The maximum atomic E-state index is 11.3. The Morgan fingerprint density at radius 3 is 2.71 bits per heavy atom. The van der Waals surface area contributed by atoms with E-state index in [1.54, 1.807) is 0 Å². The van der Waals surface area contributed by atoms with Crippen LogP contribution in [0.5, 0.6) is 5.75 Å². The van der Waals surface area contributed by atoms with Crippen LogP contribution in [-0.2, 0) is 6.42 Å². The Hall–Kier alpha value is -2.21. The average molecular weight is 305 g/mol. The predicted molar refractivity (Wildman–Crippen MR) is 87.2 cm³/mol. The number of nitrogens with one attached hydrogen (secondary N) is 1. The number of primary amides is 1. The first-order chi connectivity index (χ1) is 10.0. The first-order valence-electron chi connectivity index (χ1n) is 6.59. The minimum Gasteiger partial charge on any atom is -0.492 e. The van der Waals surface area contributed by atoms with E-state index in [9.17, 15) is 4.79 Å². The molecule has 5 N–H and O–H groups in total. The highest BCUT2D eigenvalue weighted by Gasteiger charge is 2.19. The molecule has 0 saturated carbocycles. The van der Waals surface area contributed by atoms with Crippen molar-refractivity contribution in [1.29, 1.82) is 0 Å². The fraction of sp³-hybridized carbons (Fsp3) is 0.267. The predicted octanol–water partition coefficient (Wildman–Crippen LogP) is 2.40. The quantitative estimate of drug-likeness (QED) is 0.764. The normalized spacial score (nSPS) is 10.4. The monoisotopic (exact) mass is 305 g/mol. The first-order valence-corrected chi connectivity index (χ1v) is 7.40. The third-order valence-corrected chi connectivity index (χ3v) is 4.43. The summed E-state index contributed by atoms with van der Waals surface area (Å²) in [6.07, 6.45) is 0.875. The van der Waals surface area contributed by atoms with Crippen LogP contribution in [0.4, 0.5) is 10.7 Å². The molecule has 0 aliphatic rings. The van der Waals surface area contributed by atoms with Crippen molar-refractivity contribution >= 4 is 27.9 Å². The fourth-order valence-corrected chi connectivity index (χ4v) is 3.10. The number of nitrogen functional groups attached to an aromatic ring is 1. The van der Waals surface area contributed by atoms with Crippen LogP contribution in [0.25, 0.3) is 0 Å². The largest absolute Gasteiger partial charge is 0.492 e. The molecule has 5 nitrogen and oxygen atoms in total. The first kappa shape index (κ1) is 15.2. The van der Waals surface area contributed by atoms with Crippen LogP contribution in [-0.4, -0.2) is 19.6 Å². The molecule has 112 valence electrons. The van der Waals surface area contributed by atoms with Crippen molar-refractivity contribution in [3.8, 4) is 5.75 Å². The lowest BCUT2D eigenvalue weighted by atomic mass is 10.1. The second kappa shape index (κ2) is 6.49. The van der Waals surface area contributed by atoms with Gasteiger partial charge in [0.25, 0.3) is 5.91 Å². The third-order valence-electron chi connectivity index (χ3n) is 3.27. The summed E-state index contributed by atoms with van der Waals surface area (Å²) in [7, 11) is 1.52. The lowest BCUT2D eigenvalue weighted by Gasteiger charge is -2.08. The van der Waals surface area contributed by atoms with Gasteiger partial charge in [0.05, 0.1) is 7.11 Å². The standard InChI is InChI=1S/C15H19N3O2S/c1-9-5-3-4-6-10(9)7-8-18-15-12(20-2)11(16)13(21-15)14(17)19/h3-6,18H,7-8,16H2,1-2H3,(H2,17,19). The van der Waals surface area contributed by atoms with Gasteiger partial charge in [-0.15, -0.1) is 11.3 Å². The summed E-state index contributed by atoms with van der Waals surface area (Å²) in [5, 5.41) is 4.00. The second-order valence-electron chi connectivity index (χ2n) is 4.67. The van der Waals surface area contributed by atoms with Gasteiger partial charge in [0.15, 0.2) is 5.75 Å². The van der Waals surface area contributed by atoms with Gasteiger partial charge >= 0.3 is 0 Å². The van der Waals surface area contributed by atoms with Gasteiger partial charge in [-0.1, -0.05) is 24.3 Å². The maximum absolute atomic E-state index is 11.3. The minimum atomic E-state index is -0.539. The summed E-state index contributed by atoms with van der Waals surface area (Å²) < 4.78 is 5.25. The number of hydrogen-bond acceptors (Lipinski definition) is 5. The highest BCUT2D eigenvalue weighted by atomic mass is 32.1. The van der Waals surface area contributed by atoms with Crippen molar-refractivity contribution in [2.45, 2.75) is 13.3 Å². The van der Waals surface area contributed by atoms with E-state index in [1.807, 2.05) is 12.1 Å². The van der Waals surface area contributed by atoms with Crippen molar-refractivity contribution in [2.75, 3.05) is 24.7 Å². The summed E-state index contributed by atoms with van der Waals surface area (Å²) in [6, 6.07) is 8.24. The molecular weight excluding hydrogens is 286 g/mol. The van der Waals surface area contributed by atoms with Gasteiger partial charge in [0, 0.05) is 6.54 Å². The average Bonchev–Trinajstić information content (AvgIpc) is 2.77. The SMILES string of the molecule is COc1c(NCCc2ccccc2C)sc(C(N)=O)c1N. The van der Waals surface area contributed by atoms with Gasteiger partial charge in [-0.3, -0.25) is 4.79 Å². The van der Waals surface area contributed by atoms with Crippen molar-refractivity contribution in [3.05, 3.63) is 40.3 Å². The molecule has 0 fully saturated rings. The fourth-order valence-electron chi connectivity index (χ4n) is 2.13. The Balaban J connectivity index is 2.08. The molecule has 0 bridgehead atoms. The number of ether oxygens (including phenoxy) is 1. The van der Waals surface area contributed by atoms with Crippen molar-refractivity contribution in [3.63, 3.8) is 0 Å². The minimum absolute atomic E-state index is 0.299. The molecule has 1 aromatic heterocycles. The zero-order valence-electron chi connectivity index (χ0n) is 12.1. The molecule has 0 aliphatic carbocycles. The molecule has 2 rings (SSSR count). The number of nitrogens with two attached hydrogens (primary N) is 2. The maximum Gasteiger partial charge on any atom is 0.261 e. The Kier molecular flexibility index (Phi) is 4.70. The summed E-state index contributed by atoms with van der Waals surface area (Å²) in [5.41, 5.74) is 14.0. The molecule has 0 unspecified atom stereocenters. The highest BCUT2D eigenvalue weighted by Crippen LogP contribution is 2.42. The molecule has 1 aromatic carbocycles. The molecule has 6 heteroatoms. The van der Waals surface area contributed by atoms with Crippen LogP contribution in [0.15, 0.2) is 24.3 Å². The molecule has 0 spiro atoms. The van der Waals surface area contributed by atoms with Gasteiger partial charge in [0.1, 0.15) is 15.6 Å². The number of thiophene rings is 1. The Morgan fingerprint density at radius 2 is 2.10 bits per heavy atom. The van der Waals surface area contributed by atoms with Crippen LogP contribution in [0.2, 0.25) is 0 Å². The van der Waals surface area contributed by atoms with E-state index in [0.717, 1.165) is 18.0 Å². The molecule has 0 saturated heterocycles. The van der Waals surface area contributed by atoms with E-state index >= 15 is 0 Å². The number of hydrogen-bond donors (Lipinski definition) is 3. The number of methoxy groups -OCH3 is 1. The van der Waals surface area contributed by atoms with Crippen molar-refractivity contribution in [2.24, 2.45) is 5.73 Å². The highest BCUT2D eigenvalue weighted by molar-refractivity contribution is 7.19. The summed E-state index contributed by atoms with van der Waals surface area (Å²) in [5.74, 6) is -0.0543. The van der Waals surface area contributed by atoms with E-state index in [-0.39, 0.29) is 0 Å². The number of benzene rings is 1. The molecule has 1 amide bonds. The second-order valence-corrected chi connectivity index (χ2v) is 5.70. The lowest BCUT2D eigenvalue weighted by Crippen LogP contribution is -2.10. The van der Waals surface area contributed by atoms with Gasteiger partial charge in [0.2, 0.25) is 0 Å². The summed E-state index contributed by atoms with van der Waals surface area (Å²) >= 11 is 1.22. The molecule has 0 atom stereocenters. The number of anilines is 2. The van der Waals surface area contributed by atoms with Gasteiger partial charge < -0.3 is 21.5 Å². The summed E-state index contributed by atoms with van der Waals surface area (Å²) in [6.45, 7) is 2.81.